The van der Waals surface area contributed by atoms with E-state index in [2.05, 4.69) is 36.0 Å². The minimum Gasteiger partial charge on any atom is -0.308 e. The average molecular weight is 218 g/mol. The molecule has 1 aromatic rings. The highest BCUT2D eigenvalue weighted by Gasteiger charge is 2.10. The van der Waals surface area contributed by atoms with Crippen LogP contribution < -0.4 is 5.32 Å². The Hall–Kier alpha value is -0.0500. The number of alkyl halides is 1. The zero-order valence-corrected chi connectivity index (χ0v) is 9.66. The summed E-state index contributed by atoms with van der Waals surface area (Å²) >= 11 is 7.58. The Morgan fingerprint density at radius 3 is 2.77 bits per heavy atom. The summed E-state index contributed by atoms with van der Waals surface area (Å²) in [5.41, 5.74) is 1.35. The van der Waals surface area contributed by atoms with Crippen LogP contribution in [-0.4, -0.2) is 11.9 Å². The van der Waals surface area contributed by atoms with Gasteiger partial charge >= 0.3 is 0 Å². The lowest BCUT2D eigenvalue weighted by atomic mass is 10.1. The standard InChI is InChI=1S/C10H16ClNS/c1-8(2)10(5-11)12-6-9-3-4-13-7-9/h3-4,7-8,10,12H,5-6H2,1-2H3. The molecule has 0 amide bonds. The Bertz CT molecular complexity index is 221. The molecule has 13 heavy (non-hydrogen) atoms. The predicted octanol–water partition coefficient (Wildman–Crippen LogP) is 3.10. The lowest BCUT2D eigenvalue weighted by molar-refractivity contribution is 0.430. The van der Waals surface area contributed by atoms with Crippen LogP contribution in [0.5, 0.6) is 0 Å². The highest BCUT2D eigenvalue weighted by atomic mass is 35.5. The van der Waals surface area contributed by atoms with Crippen molar-refractivity contribution in [2.24, 2.45) is 5.92 Å². The molecule has 0 aliphatic rings. The first kappa shape index (κ1) is 11.0. The van der Waals surface area contributed by atoms with E-state index in [1.54, 1.807) is 11.3 Å². The van der Waals surface area contributed by atoms with E-state index < -0.39 is 0 Å². The molecule has 3 heteroatoms. The van der Waals surface area contributed by atoms with Crippen LogP contribution in [0.2, 0.25) is 0 Å². The number of nitrogens with one attached hydrogen (secondary N) is 1. The molecule has 0 aliphatic heterocycles. The summed E-state index contributed by atoms with van der Waals surface area (Å²) in [6, 6.07) is 2.56. The van der Waals surface area contributed by atoms with Gasteiger partial charge in [0.05, 0.1) is 0 Å². The SMILES string of the molecule is CC(C)C(CCl)NCc1ccsc1. The summed E-state index contributed by atoms with van der Waals surface area (Å²) in [7, 11) is 0. The smallest absolute Gasteiger partial charge is 0.0380 e. The van der Waals surface area contributed by atoms with Crippen molar-refractivity contribution in [3.63, 3.8) is 0 Å². The van der Waals surface area contributed by atoms with Gasteiger partial charge in [0.1, 0.15) is 0 Å². The van der Waals surface area contributed by atoms with Crippen molar-refractivity contribution in [3.05, 3.63) is 22.4 Å². The second-order valence-corrected chi connectivity index (χ2v) is 4.61. The number of thiophene rings is 1. The van der Waals surface area contributed by atoms with Crippen molar-refractivity contribution in [1.82, 2.24) is 5.32 Å². The Labute approximate surface area is 89.1 Å². The highest BCUT2D eigenvalue weighted by Crippen LogP contribution is 2.08. The third-order valence-electron chi connectivity index (χ3n) is 2.12. The molecule has 1 unspecified atom stereocenters. The Kier molecular flexibility index (Phi) is 4.78. The Balaban J connectivity index is 2.32. The maximum absolute atomic E-state index is 5.84. The monoisotopic (exact) mass is 217 g/mol. The van der Waals surface area contributed by atoms with Crippen LogP contribution in [0, 0.1) is 5.92 Å². The number of halogens is 1. The fraction of sp³-hybridized carbons (Fsp3) is 0.600. The van der Waals surface area contributed by atoms with Gasteiger partial charge in [0.15, 0.2) is 0 Å². The fourth-order valence-corrected chi connectivity index (χ4v) is 2.24. The largest absolute Gasteiger partial charge is 0.308 e. The van der Waals surface area contributed by atoms with Crippen LogP contribution in [0.25, 0.3) is 0 Å². The molecule has 0 aromatic carbocycles. The van der Waals surface area contributed by atoms with Gasteiger partial charge in [-0.1, -0.05) is 13.8 Å². The number of rotatable bonds is 5. The maximum Gasteiger partial charge on any atom is 0.0380 e. The minimum atomic E-state index is 0.418. The van der Waals surface area contributed by atoms with Gasteiger partial charge in [-0.3, -0.25) is 0 Å². The van der Waals surface area contributed by atoms with Crippen molar-refractivity contribution < 1.29 is 0 Å². The number of hydrogen-bond acceptors (Lipinski definition) is 2. The number of hydrogen-bond donors (Lipinski definition) is 1. The van der Waals surface area contributed by atoms with Crippen LogP contribution in [0.1, 0.15) is 19.4 Å². The quantitative estimate of drug-likeness (QED) is 0.748. The minimum absolute atomic E-state index is 0.418. The van der Waals surface area contributed by atoms with Crippen molar-refractivity contribution >= 4 is 22.9 Å². The molecule has 0 saturated heterocycles. The van der Waals surface area contributed by atoms with Gasteiger partial charge in [0.25, 0.3) is 0 Å². The first-order valence-electron chi connectivity index (χ1n) is 4.54. The zero-order valence-electron chi connectivity index (χ0n) is 8.09. The van der Waals surface area contributed by atoms with Crippen LogP contribution in [-0.2, 0) is 6.54 Å². The van der Waals surface area contributed by atoms with Gasteiger partial charge < -0.3 is 5.32 Å². The van der Waals surface area contributed by atoms with Crippen molar-refractivity contribution in [2.45, 2.75) is 26.4 Å². The molecule has 0 aliphatic carbocycles. The third kappa shape index (κ3) is 3.67. The molecule has 0 saturated carbocycles. The fourth-order valence-electron chi connectivity index (χ4n) is 1.11. The van der Waals surface area contributed by atoms with E-state index in [0.29, 0.717) is 17.8 Å². The Morgan fingerprint density at radius 2 is 2.31 bits per heavy atom. The van der Waals surface area contributed by atoms with Crippen molar-refractivity contribution in [2.75, 3.05) is 5.88 Å². The van der Waals surface area contributed by atoms with E-state index in [1.165, 1.54) is 5.56 Å². The molecule has 74 valence electrons. The summed E-state index contributed by atoms with van der Waals surface area (Å²) in [6.07, 6.45) is 0. The van der Waals surface area contributed by atoms with Crippen LogP contribution in [0.3, 0.4) is 0 Å². The molecule has 1 heterocycles. The summed E-state index contributed by atoms with van der Waals surface area (Å²) in [5, 5.41) is 7.71. The lowest BCUT2D eigenvalue weighted by Crippen LogP contribution is -2.34. The van der Waals surface area contributed by atoms with E-state index in [0.717, 1.165) is 6.54 Å². The predicted molar refractivity (Wildman–Crippen MR) is 60.5 cm³/mol. The molecule has 1 aromatic heterocycles. The summed E-state index contributed by atoms with van der Waals surface area (Å²) < 4.78 is 0. The highest BCUT2D eigenvalue weighted by molar-refractivity contribution is 7.07. The zero-order chi connectivity index (χ0) is 9.68. The summed E-state index contributed by atoms with van der Waals surface area (Å²) in [6.45, 7) is 5.31. The van der Waals surface area contributed by atoms with Gasteiger partial charge in [-0.15, -0.1) is 11.6 Å². The van der Waals surface area contributed by atoms with Gasteiger partial charge in [-0.2, -0.15) is 11.3 Å². The van der Waals surface area contributed by atoms with Gasteiger partial charge in [0, 0.05) is 18.5 Å². The lowest BCUT2D eigenvalue weighted by Gasteiger charge is -2.19. The topological polar surface area (TPSA) is 12.0 Å². The average Bonchev–Trinajstić information content (AvgIpc) is 2.57. The van der Waals surface area contributed by atoms with E-state index >= 15 is 0 Å². The van der Waals surface area contributed by atoms with Crippen molar-refractivity contribution in [3.8, 4) is 0 Å². The second kappa shape index (κ2) is 5.63. The molecular formula is C10H16ClNS. The Morgan fingerprint density at radius 1 is 1.54 bits per heavy atom. The van der Waals surface area contributed by atoms with Crippen LogP contribution in [0.15, 0.2) is 16.8 Å². The van der Waals surface area contributed by atoms with E-state index in [4.69, 9.17) is 11.6 Å². The first-order chi connectivity index (χ1) is 6.24. The van der Waals surface area contributed by atoms with Gasteiger partial charge in [-0.05, 0) is 28.3 Å². The van der Waals surface area contributed by atoms with E-state index in [9.17, 15) is 0 Å². The first-order valence-corrected chi connectivity index (χ1v) is 6.02. The summed E-state index contributed by atoms with van der Waals surface area (Å²) in [4.78, 5) is 0. The molecule has 0 bridgehead atoms. The maximum atomic E-state index is 5.84. The second-order valence-electron chi connectivity index (χ2n) is 3.52. The normalized spacial score (nSPS) is 13.5. The van der Waals surface area contributed by atoms with Crippen LogP contribution >= 0.6 is 22.9 Å². The van der Waals surface area contributed by atoms with Crippen LogP contribution in [0.4, 0.5) is 0 Å². The third-order valence-corrected chi connectivity index (χ3v) is 3.18. The van der Waals surface area contributed by atoms with Gasteiger partial charge in [0.2, 0.25) is 0 Å². The van der Waals surface area contributed by atoms with E-state index in [-0.39, 0.29) is 0 Å². The molecular weight excluding hydrogens is 202 g/mol. The molecule has 1 N–H and O–H groups in total. The van der Waals surface area contributed by atoms with Crippen molar-refractivity contribution in [1.29, 1.82) is 0 Å². The molecule has 1 nitrogen and oxygen atoms in total. The molecule has 0 radical (unpaired) electrons. The molecule has 0 spiro atoms. The molecule has 1 rings (SSSR count). The molecule has 1 atom stereocenters. The van der Waals surface area contributed by atoms with E-state index in [1.807, 2.05) is 0 Å². The van der Waals surface area contributed by atoms with Gasteiger partial charge in [-0.25, -0.2) is 0 Å². The summed E-state index contributed by atoms with van der Waals surface area (Å²) in [5.74, 6) is 1.28. The molecule has 0 fully saturated rings.